The Balaban J connectivity index is 1.44. The van der Waals surface area contributed by atoms with Gasteiger partial charge in [0.15, 0.2) is 11.0 Å². The molecule has 0 aliphatic carbocycles. The monoisotopic (exact) mass is 482 g/mol. The van der Waals surface area contributed by atoms with Gasteiger partial charge in [0.1, 0.15) is 11.5 Å². The summed E-state index contributed by atoms with van der Waals surface area (Å²) in [4.78, 5) is 17.9. The normalized spacial score (nSPS) is 11.4. The Morgan fingerprint density at radius 3 is 2.65 bits per heavy atom. The fraction of sp³-hybridized carbons (Fsp3) is 0.136. The van der Waals surface area contributed by atoms with Crippen molar-refractivity contribution in [3.8, 4) is 11.4 Å². The van der Waals surface area contributed by atoms with Crippen LogP contribution in [-0.4, -0.2) is 36.4 Å². The van der Waals surface area contributed by atoms with Crippen LogP contribution in [0.2, 0.25) is 0 Å². The summed E-state index contributed by atoms with van der Waals surface area (Å²) >= 11 is 1.30. The van der Waals surface area contributed by atoms with Crippen molar-refractivity contribution in [3.63, 3.8) is 0 Å². The lowest BCUT2D eigenvalue weighted by Crippen LogP contribution is -2.23. The number of ether oxygens (including phenoxy) is 1. The number of hydrogen-bond donors (Lipinski definition) is 0. The van der Waals surface area contributed by atoms with Crippen molar-refractivity contribution in [3.05, 3.63) is 88.9 Å². The minimum Gasteiger partial charge on any atom is -0.467 e. The molecule has 5 aromatic rings. The van der Waals surface area contributed by atoms with Crippen molar-refractivity contribution in [1.29, 1.82) is 0 Å². The Bertz CT molecular complexity index is 1470. The zero-order valence-electron chi connectivity index (χ0n) is 17.4. The number of para-hydroxylation sites is 1. The second kappa shape index (κ2) is 9.43. The van der Waals surface area contributed by atoms with Gasteiger partial charge in [-0.2, -0.15) is 13.5 Å². The van der Waals surface area contributed by atoms with Crippen molar-refractivity contribution in [2.45, 2.75) is 24.1 Å². The van der Waals surface area contributed by atoms with E-state index >= 15 is 0 Å². The Kier molecular flexibility index (Phi) is 6.04. The predicted octanol–water partition coefficient (Wildman–Crippen LogP) is 3.91. The van der Waals surface area contributed by atoms with E-state index in [2.05, 4.69) is 25.2 Å². The number of nitrogens with zero attached hydrogens (tertiary/aromatic N) is 6. The zero-order valence-corrected chi connectivity index (χ0v) is 18.2. The van der Waals surface area contributed by atoms with Gasteiger partial charge < -0.3 is 9.15 Å². The largest absolute Gasteiger partial charge is 0.467 e. The molecule has 0 atom stereocenters. The lowest BCUT2D eigenvalue weighted by molar-refractivity contribution is -0.0498. The van der Waals surface area contributed by atoms with Crippen LogP contribution in [-0.2, 0) is 12.3 Å². The van der Waals surface area contributed by atoms with Crippen LogP contribution in [0.1, 0.15) is 11.6 Å². The number of furan rings is 1. The van der Waals surface area contributed by atoms with E-state index in [9.17, 15) is 13.6 Å². The first kappa shape index (κ1) is 21.8. The van der Waals surface area contributed by atoms with Crippen molar-refractivity contribution >= 4 is 22.7 Å². The van der Waals surface area contributed by atoms with Crippen molar-refractivity contribution < 1.29 is 17.9 Å². The number of tetrazole rings is 1. The maximum atomic E-state index is 13.2. The van der Waals surface area contributed by atoms with Crippen LogP contribution in [0.3, 0.4) is 0 Å². The third-order valence-corrected chi connectivity index (χ3v) is 5.86. The Morgan fingerprint density at radius 2 is 1.88 bits per heavy atom. The van der Waals surface area contributed by atoms with Crippen molar-refractivity contribution in [2.24, 2.45) is 0 Å². The molecule has 0 unspecified atom stereocenters. The van der Waals surface area contributed by atoms with Crippen LogP contribution < -0.4 is 10.3 Å². The molecule has 0 saturated carbocycles. The number of rotatable bonds is 8. The average Bonchev–Trinajstić information content (AvgIpc) is 3.52. The third-order valence-electron chi connectivity index (χ3n) is 4.89. The molecule has 12 heteroatoms. The molecule has 0 amide bonds. The SMILES string of the molecule is O=c1c2ccccc2nc(SCc2nnnn2-c2ccc(OC(F)F)cc2)n1Cc1ccco1. The second-order valence-electron chi connectivity index (χ2n) is 7.05. The summed E-state index contributed by atoms with van der Waals surface area (Å²) < 4.78 is 37.6. The topological polar surface area (TPSA) is 101 Å². The molecule has 0 bridgehead atoms. The molecule has 2 aromatic carbocycles. The quantitative estimate of drug-likeness (QED) is 0.242. The molecule has 5 rings (SSSR count). The van der Waals surface area contributed by atoms with E-state index < -0.39 is 6.61 Å². The van der Waals surface area contributed by atoms with Crippen LogP contribution in [0.25, 0.3) is 16.6 Å². The van der Waals surface area contributed by atoms with E-state index in [1.165, 1.54) is 28.6 Å². The molecule has 0 fully saturated rings. The number of benzene rings is 2. The van der Waals surface area contributed by atoms with Gasteiger partial charge in [-0.15, -0.1) is 5.10 Å². The molecule has 0 N–H and O–H groups in total. The highest BCUT2D eigenvalue weighted by Crippen LogP contribution is 2.24. The fourth-order valence-electron chi connectivity index (χ4n) is 3.35. The molecule has 0 spiro atoms. The number of thioether (sulfide) groups is 1. The molecule has 0 radical (unpaired) electrons. The Morgan fingerprint density at radius 1 is 1.06 bits per heavy atom. The molecule has 34 heavy (non-hydrogen) atoms. The van der Waals surface area contributed by atoms with Crippen LogP contribution in [0, 0.1) is 0 Å². The Labute approximate surface area is 195 Å². The summed E-state index contributed by atoms with van der Waals surface area (Å²) in [7, 11) is 0. The highest BCUT2D eigenvalue weighted by Gasteiger charge is 2.16. The van der Waals surface area contributed by atoms with E-state index in [0.717, 1.165) is 0 Å². The van der Waals surface area contributed by atoms with E-state index in [1.807, 2.05) is 6.07 Å². The summed E-state index contributed by atoms with van der Waals surface area (Å²) in [5.74, 6) is 1.44. The van der Waals surface area contributed by atoms with Crippen molar-refractivity contribution in [2.75, 3.05) is 0 Å². The average molecular weight is 482 g/mol. The number of aromatic nitrogens is 6. The Hall–Kier alpha value is -4.06. The number of hydrogen-bond acceptors (Lipinski definition) is 8. The van der Waals surface area contributed by atoms with Gasteiger partial charge in [-0.1, -0.05) is 23.9 Å². The maximum absolute atomic E-state index is 13.2. The molecule has 9 nitrogen and oxygen atoms in total. The molecule has 0 aliphatic heterocycles. The van der Waals surface area contributed by atoms with Gasteiger partial charge >= 0.3 is 6.61 Å². The first-order chi connectivity index (χ1) is 16.6. The van der Waals surface area contributed by atoms with Gasteiger partial charge in [0, 0.05) is 0 Å². The van der Waals surface area contributed by atoms with Gasteiger partial charge in [0.25, 0.3) is 5.56 Å². The van der Waals surface area contributed by atoms with Gasteiger partial charge in [0.2, 0.25) is 0 Å². The fourth-order valence-corrected chi connectivity index (χ4v) is 4.25. The minimum atomic E-state index is -2.90. The standard InChI is InChI=1S/C22H16F2N6O3S/c23-21(24)33-15-9-7-14(8-10-15)30-19(26-27-28-30)13-34-22-25-18-6-2-1-5-17(18)20(31)29(22)12-16-4-3-11-32-16/h1-11,21H,12-13H2. The lowest BCUT2D eigenvalue weighted by Gasteiger charge is -2.12. The summed E-state index contributed by atoms with van der Waals surface area (Å²) in [6, 6.07) is 16.6. The third kappa shape index (κ3) is 4.53. The molecule has 3 heterocycles. The van der Waals surface area contributed by atoms with Crippen molar-refractivity contribution in [1.82, 2.24) is 29.8 Å². The van der Waals surface area contributed by atoms with Crippen LogP contribution in [0.4, 0.5) is 8.78 Å². The van der Waals surface area contributed by atoms with Gasteiger partial charge in [-0.25, -0.2) is 4.98 Å². The molecular weight excluding hydrogens is 466 g/mol. The van der Waals surface area contributed by atoms with Crippen LogP contribution in [0.15, 0.2) is 81.3 Å². The maximum Gasteiger partial charge on any atom is 0.387 e. The van der Waals surface area contributed by atoms with Crippen LogP contribution in [0.5, 0.6) is 5.75 Å². The molecule has 0 aliphatic rings. The summed E-state index contributed by atoms with van der Waals surface area (Å²) in [5.41, 5.74) is 0.972. The van der Waals surface area contributed by atoms with E-state index in [1.54, 1.807) is 53.3 Å². The van der Waals surface area contributed by atoms with Crippen LogP contribution >= 0.6 is 11.8 Å². The van der Waals surface area contributed by atoms with E-state index in [0.29, 0.717) is 39.1 Å². The zero-order chi connectivity index (χ0) is 23.5. The molecular formula is C22H16F2N6O3S. The van der Waals surface area contributed by atoms with E-state index in [4.69, 9.17) is 4.42 Å². The number of halogens is 2. The summed E-state index contributed by atoms with van der Waals surface area (Å²) in [5, 5.41) is 12.8. The minimum absolute atomic E-state index is 0.0325. The smallest absolute Gasteiger partial charge is 0.387 e. The first-order valence-electron chi connectivity index (χ1n) is 10.1. The van der Waals surface area contributed by atoms with Gasteiger partial charge in [-0.05, 0) is 59.0 Å². The number of fused-ring (bicyclic) bond motifs is 1. The van der Waals surface area contributed by atoms with Gasteiger partial charge in [0.05, 0.1) is 35.2 Å². The molecule has 172 valence electrons. The number of alkyl halides is 2. The first-order valence-corrected chi connectivity index (χ1v) is 11.0. The predicted molar refractivity (Wildman–Crippen MR) is 119 cm³/mol. The molecule has 0 saturated heterocycles. The van der Waals surface area contributed by atoms with Gasteiger partial charge in [-0.3, -0.25) is 9.36 Å². The summed E-state index contributed by atoms with van der Waals surface area (Å²) in [6.45, 7) is -2.68. The highest BCUT2D eigenvalue weighted by molar-refractivity contribution is 7.98. The lowest BCUT2D eigenvalue weighted by atomic mass is 10.2. The summed E-state index contributed by atoms with van der Waals surface area (Å²) in [6.07, 6.45) is 1.55. The second-order valence-corrected chi connectivity index (χ2v) is 7.99. The molecule has 3 aromatic heterocycles. The van der Waals surface area contributed by atoms with E-state index in [-0.39, 0.29) is 17.9 Å². The highest BCUT2D eigenvalue weighted by atomic mass is 32.2.